The van der Waals surface area contributed by atoms with Crippen molar-refractivity contribution < 1.29 is 14.3 Å². The third-order valence-electron chi connectivity index (χ3n) is 3.35. The predicted molar refractivity (Wildman–Crippen MR) is 83.2 cm³/mol. The molecule has 2 rings (SSSR count). The molecule has 0 heterocycles. The number of benzene rings is 2. The molecule has 0 atom stereocenters. The standard InChI is InChI=1S/C17H19NO3/c1-11-4-7-17(21-3)12(8-11)9-16(19)14-6-5-13(20-2)10-15(14)18/h4-8,10H,9,18H2,1-3H3. The molecule has 0 aromatic heterocycles. The molecule has 2 aromatic carbocycles. The minimum atomic E-state index is -0.0425. The van der Waals surface area contributed by atoms with Gasteiger partial charge in [-0.05, 0) is 25.1 Å². The van der Waals surface area contributed by atoms with Crippen molar-refractivity contribution in [2.45, 2.75) is 13.3 Å². The number of nitrogen functional groups attached to an aromatic ring is 1. The summed E-state index contributed by atoms with van der Waals surface area (Å²) in [6.07, 6.45) is 0.251. The summed E-state index contributed by atoms with van der Waals surface area (Å²) in [6, 6.07) is 10.9. The number of methoxy groups -OCH3 is 2. The van der Waals surface area contributed by atoms with E-state index >= 15 is 0 Å². The number of anilines is 1. The second-order valence-electron chi connectivity index (χ2n) is 4.87. The molecule has 2 aromatic rings. The van der Waals surface area contributed by atoms with Crippen LogP contribution >= 0.6 is 0 Å². The molecule has 0 aliphatic carbocycles. The number of rotatable bonds is 5. The zero-order valence-corrected chi connectivity index (χ0v) is 12.5. The lowest BCUT2D eigenvalue weighted by atomic mass is 9.99. The fourth-order valence-corrected chi connectivity index (χ4v) is 2.24. The molecule has 4 heteroatoms. The van der Waals surface area contributed by atoms with E-state index in [1.54, 1.807) is 32.4 Å². The van der Waals surface area contributed by atoms with Gasteiger partial charge in [0.2, 0.25) is 0 Å². The van der Waals surface area contributed by atoms with E-state index in [1.807, 2.05) is 25.1 Å². The second-order valence-corrected chi connectivity index (χ2v) is 4.87. The molecule has 2 N–H and O–H groups in total. The van der Waals surface area contributed by atoms with Crippen LogP contribution < -0.4 is 15.2 Å². The zero-order valence-electron chi connectivity index (χ0n) is 12.5. The van der Waals surface area contributed by atoms with Crippen LogP contribution in [0, 0.1) is 6.92 Å². The van der Waals surface area contributed by atoms with Gasteiger partial charge in [0.1, 0.15) is 11.5 Å². The quantitative estimate of drug-likeness (QED) is 0.677. The number of Topliss-reactive ketones (excluding diaryl/α,β-unsaturated/α-hetero) is 1. The highest BCUT2D eigenvalue weighted by Gasteiger charge is 2.14. The van der Waals surface area contributed by atoms with Crippen molar-refractivity contribution in [3.8, 4) is 11.5 Å². The van der Waals surface area contributed by atoms with Gasteiger partial charge in [-0.3, -0.25) is 4.79 Å². The molecular weight excluding hydrogens is 266 g/mol. The van der Waals surface area contributed by atoms with Crippen LogP contribution in [0.5, 0.6) is 11.5 Å². The molecule has 0 saturated carbocycles. The van der Waals surface area contributed by atoms with E-state index in [1.165, 1.54) is 0 Å². The van der Waals surface area contributed by atoms with E-state index in [0.717, 1.165) is 11.1 Å². The van der Waals surface area contributed by atoms with Gasteiger partial charge in [0.05, 0.1) is 14.2 Å². The Morgan fingerprint density at radius 3 is 2.48 bits per heavy atom. The number of aryl methyl sites for hydroxylation is 1. The summed E-state index contributed by atoms with van der Waals surface area (Å²) in [4.78, 5) is 12.4. The summed E-state index contributed by atoms with van der Waals surface area (Å²) >= 11 is 0. The van der Waals surface area contributed by atoms with Crippen molar-refractivity contribution in [3.63, 3.8) is 0 Å². The highest BCUT2D eigenvalue weighted by molar-refractivity contribution is 6.02. The third kappa shape index (κ3) is 3.34. The molecule has 0 unspecified atom stereocenters. The topological polar surface area (TPSA) is 61.5 Å². The average molecular weight is 285 g/mol. The number of ketones is 1. The number of hydrogen-bond donors (Lipinski definition) is 1. The molecule has 0 radical (unpaired) electrons. The first kappa shape index (κ1) is 14.9. The van der Waals surface area contributed by atoms with Gasteiger partial charge in [-0.25, -0.2) is 0 Å². The fourth-order valence-electron chi connectivity index (χ4n) is 2.24. The largest absolute Gasteiger partial charge is 0.497 e. The minimum absolute atomic E-state index is 0.0425. The van der Waals surface area contributed by atoms with Crippen molar-refractivity contribution in [2.75, 3.05) is 20.0 Å². The molecule has 0 spiro atoms. The highest BCUT2D eigenvalue weighted by atomic mass is 16.5. The predicted octanol–water partition coefficient (Wildman–Crippen LogP) is 3.02. The van der Waals surface area contributed by atoms with E-state index in [0.29, 0.717) is 22.7 Å². The van der Waals surface area contributed by atoms with E-state index in [-0.39, 0.29) is 12.2 Å². The lowest BCUT2D eigenvalue weighted by Gasteiger charge is -2.10. The van der Waals surface area contributed by atoms with Gasteiger partial charge >= 0.3 is 0 Å². The first-order valence-electron chi connectivity index (χ1n) is 6.65. The maximum absolute atomic E-state index is 12.4. The number of hydrogen-bond acceptors (Lipinski definition) is 4. The molecule has 4 nitrogen and oxygen atoms in total. The van der Waals surface area contributed by atoms with Gasteiger partial charge in [0.15, 0.2) is 5.78 Å². The Bertz CT molecular complexity index is 665. The molecule has 0 saturated heterocycles. The molecule has 0 fully saturated rings. The van der Waals surface area contributed by atoms with Crippen LogP contribution in [-0.4, -0.2) is 20.0 Å². The first-order valence-corrected chi connectivity index (χ1v) is 6.65. The first-order chi connectivity index (χ1) is 10.0. The SMILES string of the molecule is COc1ccc(C(=O)Cc2cc(C)ccc2OC)c(N)c1. The molecule has 21 heavy (non-hydrogen) atoms. The summed E-state index contributed by atoms with van der Waals surface area (Å²) in [7, 11) is 3.16. The highest BCUT2D eigenvalue weighted by Crippen LogP contribution is 2.25. The van der Waals surface area contributed by atoms with Crippen LogP contribution in [0.3, 0.4) is 0 Å². The normalized spacial score (nSPS) is 10.2. The number of ether oxygens (including phenoxy) is 2. The maximum Gasteiger partial charge on any atom is 0.169 e. The van der Waals surface area contributed by atoms with Crippen LogP contribution in [0.4, 0.5) is 5.69 Å². The Morgan fingerprint density at radius 2 is 1.86 bits per heavy atom. The van der Waals surface area contributed by atoms with Gasteiger partial charge in [0.25, 0.3) is 0 Å². The van der Waals surface area contributed by atoms with E-state index in [9.17, 15) is 4.79 Å². The van der Waals surface area contributed by atoms with Gasteiger partial charge in [-0.2, -0.15) is 0 Å². The Labute approximate surface area is 124 Å². The smallest absolute Gasteiger partial charge is 0.169 e. The summed E-state index contributed by atoms with van der Waals surface area (Å²) in [5, 5.41) is 0. The lowest BCUT2D eigenvalue weighted by molar-refractivity contribution is 0.0993. The number of carbonyl (C=O) groups is 1. The Balaban J connectivity index is 2.28. The van der Waals surface area contributed by atoms with Gasteiger partial charge in [-0.15, -0.1) is 0 Å². The van der Waals surface area contributed by atoms with Crippen LogP contribution in [-0.2, 0) is 6.42 Å². The Hall–Kier alpha value is -2.49. The number of carbonyl (C=O) groups excluding carboxylic acids is 1. The monoisotopic (exact) mass is 285 g/mol. The fraction of sp³-hybridized carbons (Fsp3) is 0.235. The molecule has 0 amide bonds. The lowest BCUT2D eigenvalue weighted by Crippen LogP contribution is -2.08. The van der Waals surface area contributed by atoms with Gasteiger partial charge in [0, 0.05) is 29.3 Å². The third-order valence-corrected chi connectivity index (χ3v) is 3.35. The maximum atomic E-state index is 12.4. The number of nitrogens with two attached hydrogens (primary N) is 1. The molecule has 0 aliphatic rings. The van der Waals surface area contributed by atoms with Gasteiger partial charge in [-0.1, -0.05) is 17.7 Å². The zero-order chi connectivity index (χ0) is 15.4. The van der Waals surface area contributed by atoms with Crippen LogP contribution in [0.25, 0.3) is 0 Å². The summed E-state index contributed by atoms with van der Waals surface area (Å²) < 4.78 is 10.4. The van der Waals surface area contributed by atoms with Crippen molar-refractivity contribution in [1.29, 1.82) is 0 Å². The van der Waals surface area contributed by atoms with Crippen molar-refractivity contribution in [1.82, 2.24) is 0 Å². The second kappa shape index (κ2) is 6.31. The Morgan fingerprint density at radius 1 is 1.10 bits per heavy atom. The van der Waals surface area contributed by atoms with Gasteiger partial charge < -0.3 is 15.2 Å². The summed E-state index contributed by atoms with van der Waals surface area (Å²) in [5.74, 6) is 1.30. The summed E-state index contributed by atoms with van der Waals surface area (Å²) in [6.45, 7) is 1.98. The van der Waals surface area contributed by atoms with Crippen LogP contribution in [0.1, 0.15) is 21.5 Å². The molecular formula is C17H19NO3. The van der Waals surface area contributed by atoms with Crippen LogP contribution in [0.2, 0.25) is 0 Å². The summed E-state index contributed by atoms with van der Waals surface area (Å²) in [5.41, 5.74) is 8.79. The molecule has 0 aliphatic heterocycles. The van der Waals surface area contributed by atoms with E-state index in [4.69, 9.17) is 15.2 Å². The minimum Gasteiger partial charge on any atom is -0.497 e. The van der Waals surface area contributed by atoms with Crippen molar-refractivity contribution >= 4 is 11.5 Å². The molecule has 0 bridgehead atoms. The van der Waals surface area contributed by atoms with E-state index < -0.39 is 0 Å². The van der Waals surface area contributed by atoms with Crippen molar-refractivity contribution in [3.05, 3.63) is 53.1 Å². The van der Waals surface area contributed by atoms with Crippen LogP contribution in [0.15, 0.2) is 36.4 Å². The van der Waals surface area contributed by atoms with E-state index in [2.05, 4.69) is 0 Å². The Kier molecular flexibility index (Phi) is 4.48. The average Bonchev–Trinajstić information content (AvgIpc) is 2.47. The molecule has 110 valence electrons. The van der Waals surface area contributed by atoms with Crippen molar-refractivity contribution in [2.24, 2.45) is 0 Å².